The summed E-state index contributed by atoms with van der Waals surface area (Å²) >= 11 is 0. The Bertz CT molecular complexity index is 1190. The van der Waals surface area contributed by atoms with Crippen LogP contribution in [0.2, 0.25) is 0 Å². The highest BCUT2D eigenvalue weighted by atomic mass is 16.7. The predicted molar refractivity (Wildman–Crippen MR) is 144 cm³/mol. The fourth-order valence-corrected chi connectivity index (χ4v) is 7.09. The van der Waals surface area contributed by atoms with Crippen molar-refractivity contribution in [3.05, 3.63) is 23.8 Å². The molecule has 0 bridgehead atoms. The molecular formula is C30H42O12. The molecule has 4 rings (SSSR count). The second-order valence-electron chi connectivity index (χ2n) is 12.5. The Hall–Kier alpha value is -2.80. The fourth-order valence-electron chi connectivity index (χ4n) is 7.09. The number of hydrogen-bond acceptors (Lipinski definition) is 12. The molecule has 0 saturated carbocycles. The van der Waals surface area contributed by atoms with E-state index in [9.17, 15) is 34.5 Å². The molecule has 234 valence electrons. The molecule has 0 amide bonds. The van der Waals surface area contributed by atoms with Crippen molar-refractivity contribution in [1.82, 2.24) is 0 Å². The van der Waals surface area contributed by atoms with Gasteiger partial charge in [0.2, 0.25) is 0 Å². The summed E-state index contributed by atoms with van der Waals surface area (Å²) in [6, 6.07) is 0. The summed E-state index contributed by atoms with van der Waals surface area (Å²) < 4.78 is 29.2. The average Bonchev–Trinajstić information content (AvgIpc) is 3.48. The average molecular weight is 595 g/mol. The monoisotopic (exact) mass is 594 g/mol. The van der Waals surface area contributed by atoms with Crippen molar-refractivity contribution in [2.24, 2.45) is 11.3 Å². The summed E-state index contributed by atoms with van der Waals surface area (Å²) in [7, 11) is 0. The van der Waals surface area contributed by atoms with E-state index in [0.29, 0.717) is 6.42 Å². The van der Waals surface area contributed by atoms with Gasteiger partial charge in [0.25, 0.3) is 0 Å². The number of aliphatic hydroxyl groups is 3. The van der Waals surface area contributed by atoms with E-state index in [2.05, 4.69) is 0 Å². The second-order valence-corrected chi connectivity index (χ2v) is 12.5. The molecule has 12 heteroatoms. The topological polar surface area (TPSA) is 178 Å². The molecule has 3 N–H and O–H groups in total. The van der Waals surface area contributed by atoms with Gasteiger partial charge in [-0.1, -0.05) is 38.8 Å². The Morgan fingerprint density at radius 2 is 1.62 bits per heavy atom. The van der Waals surface area contributed by atoms with Crippen molar-refractivity contribution in [3.8, 4) is 0 Å². The first-order valence-corrected chi connectivity index (χ1v) is 14.4. The SMILES string of the molecule is CCCCCC(=O)O[C@H]1/C(C)=C\[C@@H]2OC(=O)[C@]3(C)O[C@]23[C@H](OC(C)=O)[C@H]2[C@](C)(O)[C@H](O)C=C[C@]2(C)[C@@H](OC(C)=O)[C@@H]1O. The number of carbonyl (C=O) groups is 4. The van der Waals surface area contributed by atoms with Gasteiger partial charge in [0.05, 0.1) is 5.60 Å². The Kier molecular flexibility index (Phi) is 8.44. The van der Waals surface area contributed by atoms with Gasteiger partial charge in [0.15, 0.2) is 23.4 Å². The molecule has 2 heterocycles. The Morgan fingerprint density at radius 3 is 2.19 bits per heavy atom. The lowest BCUT2D eigenvalue weighted by Crippen LogP contribution is -2.68. The molecule has 12 nitrogen and oxygen atoms in total. The zero-order chi connectivity index (χ0) is 31.4. The number of unbranched alkanes of at least 4 members (excludes halogenated alkanes) is 2. The summed E-state index contributed by atoms with van der Waals surface area (Å²) in [6.45, 7) is 10.2. The van der Waals surface area contributed by atoms with Crippen molar-refractivity contribution in [2.45, 2.75) is 128 Å². The molecule has 0 aromatic rings. The first-order valence-electron chi connectivity index (χ1n) is 14.4. The van der Waals surface area contributed by atoms with Crippen molar-refractivity contribution in [1.29, 1.82) is 0 Å². The molecule has 2 saturated heterocycles. The molecule has 1 spiro atoms. The molecule has 2 fully saturated rings. The van der Waals surface area contributed by atoms with Crippen LogP contribution in [-0.4, -0.2) is 92.6 Å². The molecular weight excluding hydrogens is 552 g/mol. The van der Waals surface area contributed by atoms with E-state index in [4.69, 9.17) is 23.7 Å². The molecule has 0 aromatic carbocycles. The van der Waals surface area contributed by atoms with Crippen LogP contribution in [-0.2, 0) is 42.9 Å². The zero-order valence-electron chi connectivity index (χ0n) is 25.1. The predicted octanol–water partition coefficient (Wildman–Crippen LogP) is 1.42. The van der Waals surface area contributed by atoms with Gasteiger partial charge in [-0.15, -0.1) is 0 Å². The van der Waals surface area contributed by atoms with Crippen LogP contribution in [0.1, 0.15) is 74.1 Å². The molecule has 0 unspecified atom stereocenters. The molecule has 2 aliphatic carbocycles. The maximum absolute atomic E-state index is 13.1. The number of rotatable bonds is 7. The number of fused-ring (bicyclic) bond motifs is 1. The quantitative estimate of drug-likeness (QED) is 0.127. The maximum atomic E-state index is 13.1. The highest BCUT2D eigenvalue weighted by Crippen LogP contribution is 2.65. The normalized spacial score (nSPS) is 45.2. The van der Waals surface area contributed by atoms with Crippen LogP contribution in [0.25, 0.3) is 0 Å². The number of esters is 4. The Balaban J connectivity index is 1.98. The van der Waals surface area contributed by atoms with Crippen LogP contribution < -0.4 is 0 Å². The van der Waals surface area contributed by atoms with E-state index >= 15 is 0 Å². The highest BCUT2D eigenvalue weighted by molar-refractivity contribution is 5.89. The van der Waals surface area contributed by atoms with Crippen LogP contribution in [0.3, 0.4) is 0 Å². The molecule has 42 heavy (non-hydrogen) atoms. The van der Waals surface area contributed by atoms with Crippen molar-refractivity contribution in [3.63, 3.8) is 0 Å². The lowest BCUT2D eigenvalue weighted by atomic mass is 9.55. The van der Waals surface area contributed by atoms with Crippen LogP contribution in [0.15, 0.2) is 23.8 Å². The van der Waals surface area contributed by atoms with Crippen LogP contribution in [0, 0.1) is 11.3 Å². The van der Waals surface area contributed by atoms with Crippen LogP contribution in [0.5, 0.6) is 0 Å². The van der Waals surface area contributed by atoms with Crippen molar-refractivity contribution >= 4 is 23.9 Å². The van der Waals surface area contributed by atoms with Gasteiger partial charge in [-0.3, -0.25) is 14.4 Å². The third-order valence-corrected chi connectivity index (χ3v) is 9.31. The van der Waals surface area contributed by atoms with E-state index in [1.54, 1.807) is 13.8 Å². The van der Waals surface area contributed by atoms with Gasteiger partial charge >= 0.3 is 23.9 Å². The molecule has 4 aliphatic rings. The smallest absolute Gasteiger partial charge is 0.342 e. The van der Waals surface area contributed by atoms with Gasteiger partial charge in [-0.2, -0.15) is 0 Å². The van der Waals surface area contributed by atoms with Gasteiger partial charge in [0.1, 0.15) is 24.4 Å². The first kappa shape index (κ1) is 32.1. The van der Waals surface area contributed by atoms with E-state index < -0.39 is 88.6 Å². The third-order valence-electron chi connectivity index (χ3n) is 9.31. The number of hydrogen-bond donors (Lipinski definition) is 3. The molecule has 2 aliphatic heterocycles. The summed E-state index contributed by atoms with van der Waals surface area (Å²) in [5.41, 5.74) is -6.66. The van der Waals surface area contributed by atoms with Gasteiger partial charge < -0.3 is 39.0 Å². The standard InChI is InChI=1S/C30H42O12/c1-8-9-10-11-20(34)41-22-15(2)14-19-30(29(7,42-30)26(36)40-19)25(39-17(4)32)23-27(5,13-12-18(33)28(23,6)37)24(21(22)35)38-16(3)31/h12-14,18-19,21-25,33,35,37H,8-11H2,1-7H3/b15-14-/t18-,19+,21-,22+,23-,24+,25-,27+,28-,29+,30+/m1/s1. The van der Waals surface area contributed by atoms with Gasteiger partial charge in [0, 0.05) is 31.6 Å². The van der Waals surface area contributed by atoms with Crippen LogP contribution >= 0.6 is 0 Å². The highest BCUT2D eigenvalue weighted by Gasteiger charge is 2.88. The van der Waals surface area contributed by atoms with E-state index in [0.717, 1.165) is 26.7 Å². The minimum Gasteiger partial charge on any atom is -0.459 e. The maximum Gasteiger partial charge on any atom is 0.342 e. The zero-order valence-corrected chi connectivity index (χ0v) is 25.1. The summed E-state index contributed by atoms with van der Waals surface area (Å²) in [5.74, 6) is -4.23. The fraction of sp³-hybridized carbons (Fsp3) is 0.733. The summed E-state index contributed by atoms with van der Waals surface area (Å²) in [6.07, 6.45) is -2.15. The van der Waals surface area contributed by atoms with E-state index in [1.165, 1.54) is 32.1 Å². The first-order chi connectivity index (χ1) is 19.5. The lowest BCUT2D eigenvalue weighted by molar-refractivity contribution is -0.226. The van der Waals surface area contributed by atoms with Crippen molar-refractivity contribution in [2.75, 3.05) is 0 Å². The van der Waals surface area contributed by atoms with Crippen molar-refractivity contribution < 1.29 is 58.2 Å². The lowest BCUT2D eigenvalue weighted by Gasteiger charge is -2.55. The van der Waals surface area contributed by atoms with Gasteiger partial charge in [-0.05, 0) is 38.8 Å². The third kappa shape index (κ3) is 4.95. The summed E-state index contributed by atoms with van der Waals surface area (Å²) in [5, 5.41) is 34.8. The minimum absolute atomic E-state index is 0.0847. The molecule has 11 atom stereocenters. The largest absolute Gasteiger partial charge is 0.459 e. The summed E-state index contributed by atoms with van der Waals surface area (Å²) in [4.78, 5) is 51.1. The number of epoxide rings is 1. The van der Waals surface area contributed by atoms with E-state index in [-0.39, 0.29) is 12.0 Å². The Morgan fingerprint density at radius 1 is 1.00 bits per heavy atom. The Labute approximate surface area is 245 Å². The minimum atomic E-state index is -2.08. The number of carbonyl (C=O) groups excluding carboxylic acids is 4. The second kappa shape index (κ2) is 11.0. The number of aliphatic hydroxyl groups excluding tert-OH is 2. The molecule has 0 radical (unpaired) electrons. The molecule has 0 aromatic heterocycles. The number of ether oxygens (including phenoxy) is 5. The van der Waals surface area contributed by atoms with Gasteiger partial charge in [-0.25, -0.2) is 4.79 Å². The van der Waals surface area contributed by atoms with Crippen LogP contribution in [0.4, 0.5) is 0 Å². The van der Waals surface area contributed by atoms with E-state index in [1.807, 2.05) is 6.92 Å².